The second-order valence-electron chi connectivity index (χ2n) is 8.39. The molecule has 0 N–H and O–H groups in total. The first-order valence-electron chi connectivity index (χ1n) is 10.8. The van der Waals surface area contributed by atoms with Gasteiger partial charge in [-0.1, -0.05) is 84.9 Å². The third-order valence-electron chi connectivity index (χ3n) is 5.96. The molecule has 34 heavy (non-hydrogen) atoms. The topological polar surface area (TPSA) is 86.7 Å². The molecule has 6 heteroatoms. The molecule has 0 amide bonds. The molecule has 0 aromatic heterocycles. The Labute approximate surface area is 198 Å². The average molecular weight is 459 g/mol. The lowest BCUT2D eigenvalue weighted by Crippen LogP contribution is -2.58. The predicted molar refractivity (Wildman–Crippen MR) is 126 cm³/mol. The van der Waals surface area contributed by atoms with Crippen molar-refractivity contribution in [2.75, 3.05) is 0 Å². The Morgan fingerprint density at radius 2 is 1.35 bits per heavy atom. The lowest BCUT2D eigenvalue weighted by atomic mass is 9.64. The van der Waals surface area contributed by atoms with Crippen LogP contribution in [-0.4, -0.2) is 30.1 Å². The lowest BCUT2D eigenvalue weighted by Gasteiger charge is -2.42. The zero-order chi connectivity index (χ0) is 24.6. The molecule has 0 saturated heterocycles. The number of carbonyl (C=O) groups is 4. The summed E-state index contributed by atoms with van der Waals surface area (Å²) in [6.07, 6.45) is 0.456. The number of ketones is 1. The van der Waals surface area contributed by atoms with Crippen LogP contribution in [0.1, 0.15) is 45.7 Å². The maximum atomic E-state index is 14.2. The quantitative estimate of drug-likeness (QED) is 0.181. The van der Waals surface area contributed by atoms with Gasteiger partial charge in [0, 0.05) is 11.1 Å². The summed E-state index contributed by atoms with van der Waals surface area (Å²) in [7, 11) is 0. The summed E-state index contributed by atoms with van der Waals surface area (Å²) in [6.45, 7) is 3.13. The maximum Gasteiger partial charge on any atom is 0.324 e. The number of ether oxygens (including phenoxy) is 2. The minimum atomic E-state index is -1.97. The number of esters is 1. The Morgan fingerprint density at radius 1 is 0.794 bits per heavy atom. The molecule has 174 valence electrons. The SMILES string of the molecule is CC(C)(OC=O)C(Cc1ccccc1)(C(=O)OCc1ccccc1)C(=O)c1ccccc1C=O. The predicted octanol–water partition coefficient (Wildman–Crippen LogP) is 4.61. The molecule has 0 aliphatic carbocycles. The highest BCUT2D eigenvalue weighted by Gasteiger charge is 2.60. The van der Waals surface area contributed by atoms with E-state index in [4.69, 9.17) is 9.47 Å². The van der Waals surface area contributed by atoms with E-state index in [1.807, 2.05) is 24.3 Å². The van der Waals surface area contributed by atoms with Crippen molar-refractivity contribution in [2.45, 2.75) is 32.5 Å². The highest BCUT2D eigenvalue weighted by molar-refractivity contribution is 6.16. The van der Waals surface area contributed by atoms with Gasteiger partial charge in [0.1, 0.15) is 12.2 Å². The second-order valence-corrected chi connectivity index (χ2v) is 8.39. The summed E-state index contributed by atoms with van der Waals surface area (Å²) in [4.78, 5) is 51.2. The van der Waals surface area contributed by atoms with E-state index in [0.29, 0.717) is 11.8 Å². The number of aldehydes is 1. The van der Waals surface area contributed by atoms with Crippen molar-refractivity contribution in [3.63, 3.8) is 0 Å². The van der Waals surface area contributed by atoms with Crippen molar-refractivity contribution < 1.29 is 28.7 Å². The minimum absolute atomic E-state index is 0.0488. The number of hydrogen-bond donors (Lipinski definition) is 0. The zero-order valence-corrected chi connectivity index (χ0v) is 19.1. The Kier molecular flexibility index (Phi) is 7.74. The summed E-state index contributed by atoms with van der Waals surface area (Å²) < 4.78 is 11.0. The molecule has 0 heterocycles. The summed E-state index contributed by atoms with van der Waals surface area (Å²) in [5, 5.41) is 0. The normalized spacial score (nSPS) is 12.8. The fraction of sp³-hybridized carbons (Fsp3) is 0.214. The van der Waals surface area contributed by atoms with Gasteiger partial charge in [-0.25, -0.2) is 0 Å². The number of hydrogen-bond acceptors (Lipinski definition) is 6. The van der Waals surface area contributed by atoms with Gasteiger partial charge in [0.25, 0.3) is 6.47 Å². The number of benzene rings is 3. The van der Waals surface area contributed by atoms with Crippen molar-refractivity contribution in [2.24, 2.45) is 5.41 Å². The van der Waals surface area contributed by atoms with Crippen LogP contribution in [-0.2, 0) is 32.1 Å². The summed E-state index contributed by atoms with van der Waals surface area (Å²) >= 11 is 0. The fourth-order valence-electron chi connectivity index (χ4n) is 3.98. The van der Waals surface area contributed by atoms with Crippen molar-refractivity contribution in [3.8, 4) is 0 Å². The minimum Gasteiger partial charge on any atom is -0.460 e. The Hall–Kier alpha value is -4.06. The molecule has 0 spiro atoms. The molecule has 3 rings (SSSR count). The highest BCUT2D eigenvalue weighted by Crippen LogP contribution is 2.43. The molecular formula is C28H26O6. The monoisotopic (exact) mass is 458 g/mol. The van der Waals surface area contributed by atoms with Gasteiger partial charge in [-0.15, -0.1) is 0 Å². The molecule has 1 unspecified atom stereocenters. The van der Waals surface area contributed by atoms with E-state index in [-0.39, 0.29) is 30.6 Å². The second kappa shape index (κ2) is 10.7. The van der Waals surface area contributed by atoms with E-state index >= 15 is 0 Å². The first kappa shape index (κ1) is 24.6. The molecular weight excluding hydrogens is 432 g/mol. The van der Waals surface area contributed by atoms with Gasteiger partial charge in [0.15, 0.2) is 17.5 Å². The van der Waals surface area contributed by atoms with Crippen LogP contribution in [0.25, 0.3) is 0 Å². The molecule has 0 radical (unpaired) electrons. The van der Waals surface area contributed by atoms with Crippen LogP contribution in [0.3, 0.4) is 0 Å². The Balaban J connectivity index is 2.18. The molecule has 0 bridgehead atoms. The van der Waals surface area contributed by atoms with Crippen molar-refractivity contribution in [1.29, 1.82) is 0 Å². The van der Waals surface area contributed by atoms with Gasteiger partial charge >= 0.3 is 5.97 Å². The summed E-state index contributed by atoms with van der Waals surface area (Å²) in [5.74, 6) is -1.51. The van der Waals surface area contributed by atoms with Crippen LogP contribution in [0.4, 0.5) is 0 Å². The van der Waals surface area contributed by atoms with E-state index < -0.39 is 22.8 Å². The molecule has 1 atom stereocenters. The standard InChI is InChI=1S/C28H26O6/c1-27(2,34-20-30)28(17-21-11-5-3-6-12-21,25(31)24-16-10-9-15-23(24)18-29)26(32)33-19-22-13-7-4-8-14-22/h3-16,18,20H,17,19H2,1-2H3. The van der Waals surface area contributed by atoms with E-state index in [9.17, 15) is 19.2 Å². The van der Waals surface area contributed by atoms with Crippen LogP contribution in [0, 0.1) is 5.41 Å². The van der Waals surface area contributed by atoms with E-state index in [1.54, 1.807) is 48.5 Å². The van der Waals surface area contributed by atoms with Gasteiger partial charge in [-0.2, -0.15) is 0 Å². The summed E-state index contributed by atoms with van der Waals surface area (Å²) in [5.41, 5.74) is -2.00. The van der Waals surface area contributed by atoms with Crippen LogP contribution in [0.2, 0.25) is 0 Å². The van der Waals surface area contributed by atoms with Crippen LogP contribution in [0.15, 0.2) is 84.9 Å². The molecule has 0 saturated carbocycles. The van der Waals surface area contributed by atoms with Crippen LogP contribution >= 0.6 is 0 Å². The van der Waals surface area contributed by atoms with Gasteiger partial charge in [0.2, 0.25) is 0 Å². The molecule has 0 aliphatic rings. The zero-order valence-electron chi connectivity index (χ0n) is 19.1. The lowest BCUT2D eigenvalue weighted by molar-refractivity contribution is -0.174. The molecule has 0 aliphatic heterocycles. The number of Topliss-reactive ketones (excluding diaryl/α,β-unsaturated/α-hetero) is 1. The first-order valence-corrected chi connectivity index (χ1v) is 10.8. The largest absolute Gasteiger partial charge is 0.460 e. The summed E-state index contributed by atoms with van der Waals surface area (Å²) in [6, 6.07) is 24.2. The van der Waals surface area contributed by atoms with Crippen molar-refractivity contribution >= 4 is 24.5 Å². The van der Waals surface area contributed by atoms with E-state index in [2.05, 4.69) is 0 Å². The van der Waals surface area contributed by atoms with E-state index in [0.717, 1.165) is 5.56 Å². The molecule has 3 aromatic carbocycles. The van der Waals surface area contributed by atoms with Crippen molar-refractivity contribution in [1.82, 2.24) is 0 Å². The van der Waals surface area contributed by atoms with E-state index in [1.165, 1.54) is 26.0 Å². The van der Waals surface area contributed by atoms with Crippen molar-refractivity contribution in [3.05, 3.63) is 107 Å². The third-order valence-corrected chi connectivity index (χ3v) is 5.96. The smallest absolute Gasteiger partial charge is 0.324 e. The molecule has 6 nitrogen and oxygen atoms in total. The molecule has 0 fully saturated rings. The number of rotatable bonds is 11. The van der Waals surface area contributed by atoms with Gasteiger partial charge in [-0.3, -0.25) is 19.2 Å². The Bertz CT molecular complexity index is 1150. The first-order chi connectivity index (χ1) is 16.4. The average Bonchev–Trinajstić information content (AvgIpc) is 2.86. The highest BCUT2D eigenvalue weighted by atomic mass is 16.6. The van der Waals surface area contributed by atoms with Gasteiger partial charge in [0.05, 0.1) is 0 Å². The third kappa shape index (κ3) is 4.96. The van der Waals surface area contributed by atoms with Crippen LogP contribution in [0.5, 0.6) is 0 Å². The number of carbonyl (C=O) groups excluding carboxylic acids is 4. The van der Waals surface area contributed by atoms with Crippen LogP contribution < -0.4 is 0 Å². The Morgan fingerprint density at radius 3 is 1.94 bits per heavy atom. The van der Waals surface area contributed by atoms with Gasteiger partial charge < -0.3 is 9.47 Å². The molecule has 3 aromatic rings. The maximum absolute atomic E-state index is 14.2. The van der Waals surface area contributed by atoms with Gasteiger partial charge in [-0.05, 0) is 31.4 Å². The fourth-order valence-corrected chi connectivity index (χ4v) is 3.98.